The summed E-state index contributed by atoms with van der Waals surface area (Å²) in [5.74, 6) is 7.68. The average Bonchev–Trinajstić information content (AvgIpc) is 3.16. The molecule has 4 fully saturated rings. The van der Waals surface area contributed by atoms with E-state index in [4.69, 9.17) is 0 Å². The lowest BCUT2D eigenvalue weighted by Crippen LogP contribution is -2.49. The van der Waals surface area contributed by atoms with Crippen molar-refractivity contribution < 1.29 is 0 Å². The summed E-state index contributed by atoms with van der Waals surface area (Å²) in [6, 6.07) is 10.7. The third kappa shape index (κ3) is 3.67. The number of nitriles is 1. The Morgan fingerprint density at radius 1 is 1.00 bits per heavy atom. The molecule has 0 amide bonds. The Bertz CT molecular complexity index is 820. The van der Waals surface area contributed by atoms with Crippen LogP contribution in [0.1, 0.15) is 96.1 Å². The Hall–Kier alpha value is -1.29. The van der Waals surface area contributed by atoms with Gasteiger partial charge in [-0.1, -0.05) is 51.8 Å². The number of benzene rings is 1. The molecule has 0 heterocycles. The number of hydrogen-bond donors (Lipinski definition) is 0. The van der Waals surface area contributed by atoms with Crippen LogP contribution in [0.5, 0.6) is 0 Å². The van der Waals surface area contributed by atoms with Crippen molar-refractivity contribution in [3.05, 3.63) is 35.4 Å². The fourth-order valence-corrected chi connectivity index (χ4v) is 9.59. The minimum absolute atomic E-state index is 0.537. The van der Waals surface area contributed by atoms with Gasteiger partial charge in [0, 0.05) is 0 Å². The molecule has 0 aromatic heterocycles. The number of hydrogen-bond acceptors (Lipinski definition) is 1. The molecular weight excluding hydrogens is 374 g/mol. The highest BCUT2D eigenvalue weighted by molar-refractivity contribution is 5.37. The van der Waals surface area contributed by atoms with Gasteiger partial charge in [-0.3, -0.25) is 0 Å². The average molecular weight is 418 g/mol. The van der Waals surface area contributed by atoms with Crippen LogP contribution < -0.4 is 0 Å². The monoisotopic (exact) mass is 417 g/mol. The van der Waals surface area contributed by atoms with Crippen LogP contribution >= 0.6 is 0 Å². The van der Waals surface area contributed by atoms with Gasteiger partial charge in [-0.05, 0) is 122 Å². The summed E-state index contributed by atoms with van der Waals surface area (Å²) in [6.07, 6.45) is 16.0. The third-order valence-electron chi connectivity index (χ3n) is 11.1. The maximum Gasteiger partial charge on any atom is 0.0994 e. The predicted octanol–water partition coefficient (Wildman–Crippen LogP) is 8.03. The van der Waals surface area contributed by atoms with E-state index < -0.39 is 0 Å². The number of nitrogens with zero attached hydrogens (tertiary/aromatic N) is 1. The van der Waals surface area contributed by atoms with Crippen molar-refractivity contribution in [2.75, 3.05) is 0 Å². The standard InChI is InChI=1S/C30H43N/c1-4-21-9-11-25-23(18-21)10-12-27-26(25)15-16-30(3)28(13-14-29(27)30)20(2)17-22-7-5-6-8-24(22)19-31/h5-8,20-21,23,25-29H,4,9-18H2,1-3H3/t20-,21+,23?,25?,26?,27?,28?,29+,30?/m1/s1. The molecule has 5 rings (SSSR count). The third-order valence-corrected chi connectivity index (χ3v) is 11.1. The molecule has 1 aromatic rings. The van der Waals surface area contributed by atoms with Crippen LogP contribution in [-0.2, 0) is 6.42 Å². The maximum absolute atomic E-state index is 9.54. The van der Waals surface area contributed by atoms with Crippen molar-refractivity contribution in [1.29, 1.82) is 5.26 Å². The van der Waals surface area contributed by atoms with Crippen molar-refractivity contribution in [3.8, 4) is 6.07 Å². The van der Waals surface area contributed by atoms with Gasteiger partial charge in [0.05, 0.1) is 11.6 Å². The van der Waals surface area contributed by atoms with Crippen molar-refractivity contribution in [2.24, 2.45) is 52.8 Å². The molecule has 6 unspecified atom stereocenters. The summed E-state index contributed by atoms with van der Waals surface area (Å²) in [4.78, 5) is 0. The molecule has 4 aliphatic rings. The Kier molecular flexibility index (Phi) is 5.96. The molecule has 0 spiro atoms. The smallest absolute Gasteiger partial charge is 0.0994 e. The van der Waals surface area contributed by atoms with Gasteiger partial charge in [0.15, 0.2) is 0 Å². The Morgan fingerprint density at radius 2 is 1.81 bits per heavy atom. The van der Waals surface area contributed by atoms with E-state index in [1.807, 2.05) is 12.1 Å². The van der Waals surface area contributed by atoms with Crippen molar-refractivity contribution >= 4 is 0 Å². The normalized spacial score (nSPS) is 42.7. The van der Waals surface area contributed by atoms with Crippen LogP contribution in [0, 0.1) is 64.1 Å². The first kappa shape index (κ1) is 21.6. The highest BCUT2D eigenvalue weighted by Crippen LogP contribution is 2.65. The molecule has 1 heteroatoms. The topological polar surface area (TPSA) is 23.8 Å². The van der Waals surface area contributed by atoms with Crippen molar-refractivity contribution in [3.63, 3.8) is 0 Å². The van der Waals surface area contributed by atoms with Crippen LogP contribution in [0.25, 0.3) is 0 Å². The molecule has 0 N–H and O–H groups in total. The minimum Gasteiger partial charge on any atom is -0.192 e. The van der Waals surface area contributed by atoms with Gasteiger partial charge in [-0.15, -0.1) is 0 Å². The predicted molar refractivity (Wildman–Crippen MR) is 128 cm³/mol. The molecule has 1 aromatic carbocycles. The zero-order chi connectivity index (χ0) is 21.6. The van der Waals surface area contributed by atoms with Crippen molar-refractivity contribution in [1.82, 2.24) is 0 Å². The highest BCUT2D eigenvalue weighted by Gasteiger charge is 2.57. The molecule has 9 atom stereocenters. The summed E-state index contributed by atoms with van der Waals surface area (Å²) < 4.78 is 0. The lowest BCUT2D eigenvalue weighted by atomic mass is 9.48. The van der Waals surface area contributed by atoms with E-state index in [1.54, 1.807) is 12.8 Å². The molecule has 168 valence electrons. The minimum atomic E-state index is 0.537. The van der Waals surface area contributed by atoms with Gasteiger partial charge in [0.1, 0.15) is 0 Å². The molecular formula is C30H43N. The fraction of sp³-hybridized carbons (Fsp3) is 0.767. The molecule has 1 nitrogen and oxygen atoms in total. The molecule has 31 heavy (non-hydrogen) atoms. The molecule has 0 bridgehead atoms. The van der Waals surface area contributed by atoms with Crippen molar-refractivity contribution in [2.45, 2.75) is 91.4 Å². The Balaban J connectivity index is 1.30. The molecule has 4 aliphatic carbocycles. The summed E-state index contributed by atoms with van der Waals surface area (Å²) in [5, 5.41) is 9.54. The SMILES string of the molecule is CC[C@H]1CCC2C(CCC3C2CCC2(C)C([C@H](C)Cc4ccccc4C#N)CC[C@@H]32)C1. The quantitative estimate of drug-likeness (QED) is 0.486. The number of fused-ring (bicyclic) bond motifs is 5. The lowest BCUT2D eigenvalue weighted by Gasteiger charge is -2.57. The molecule has 0 radical (unpaired) electrons. The summed E-state index contributed by atoms with van der Waals surface area (Å²) in [6.45, 7) is 7.58. The largest absolute Gasteiger partial charge is 0.192 e. The van der Waals surface area contributed by atoms with E-state index in [0.717, 1.165) is 53.4 Å². The zero-order valence-corrected chi connectivity index (χ0v) is 20.2. The van der Waals surface area contributed by atoms with Crippen LogP contribution in [0.15, 0.2) is 24.3 Å². The maximum atomic E-state index is 9.54. The first-order valence-electron chi connectivity index (χ1n) is 13.5. The van der Waals surface area contributed by atoms with E-state index in [0.29, 0.717) is 11.3 Å². The van der Waals surface area contributed by atoms with E-state index in [-0.39, 0.29) is 0 Å². The molecule has 4 saturated carbocycles. The van der Waals surface area contributed by atoms with Crippen LogP contribution in [0.2, 0.25) is 0 Å². The van der Waals surface area contributed by atoms with Gasteiger partial charge in [0.2, 0.25) is 0 Å². The second kappa shape index (κ2) is 8.57. The van der Waals surface area contributed by atoms with Gasteiger partial charge < -0.3 is 0 Å². The van der Waals surface area contributed by atoms with Gasteiger partial charge in [0.25, 0.3) is 0 Å². The van der Waals surface area contributed by atoms with E-state index in [2.05, 4.69) is 39.0 Å². The Morgan fingerprint density at radius 3 is 2.61 bits per heavy atom. The van der Waals surface area contributed by atoms with Gasteiger partial charge in [-0.2, -0.15) is 5.26 Å². The van der Waals surface area contributed by atoms with Crippen LogP contribution in [0.3, 0.4) is 0 Å². The summed E-state index contributed by atoms with van der Waals surface area (Å²) in [7, 11) is 0. The zero-order valence-electron chi connectivity index (χ0n) is 20.2. The highest BCUT2D eigenvalue weighted by atomic mass is 14.6. The lowest BCUT2D eigenvalue weighted by molar-refractivity contribution is -0.0738. The second-order valence-electron chi connectivity index (χ2n) is 12.2. The van der Waals surface area contributed by atoms with E-state index in [9.17, 15) is 5.26 Å². The van der Waals surface area contributed by atoms with Crippen LogP contribution in [0.4, 0.5) is 0 Å². The first-order valence-corrected chi connectivity index (χ1v) is 13.5. The van der Waals surface area contributed by atoms with Crippen LogP contribution in [-0.4, -0.2) is 0 Å². The first-order chi connectivity index (χ1) is 15.0. The second-order valence-corrected chi connectivity index (χ2v) is 12.2. The molecule has 0 saturated heterocycles. The molecule has 0 aliphatic heterocycles. The Labute approximate surface area is 191 Å². The van der Waals surface area contributed by atoms with E-state index >= 15 is 0 Å². The van der Waals surface area contributed by atoms with E-state index in [1.165, 1.54) is 56.9 Å². The number of rotatable bonds is 4. The summed E-state index contributed by atoms with van der Waals surface area (Å²) in [5.41, 5.74) is 2.69. The fourth-order valence-electron chi connectivity index (χ4n) is 9.59. The van der Waals surface area contributed by atoms with Gasteiger partial charge in [-0.25, -0.2) is 0 Å². The summed E-state index contributed by atoms with van der Waals surface area (Å²) >= 11 is 0. The van der Waals surface area contributed by atoms with Gasteiger partial charge >= 0.3 is 0 Å².